The molecule has 1 aromatic rings. The van der Waals surface area contributed by atoms with E-state index < -0.39 is 6.43 Å². The fourth-order valence-electron chi connectivity index (χ4n) is 0.656. The zero-order chi connectivity index (χ0) is 9.30. The Bertz CT molecular complexity index is 350. The van der Waals surface area contributed by atoms with Gasteiger partial charge in [-0.25, -0.2) is 8.78 Å². The van der Waals surface area contributed by atoms with Crippen LogP contribution >= 0.6 is 45.2 Å². The molecule has 0 aromatic carbocycles. The van der Waals surface area contributed by atoms with Gasteiger partial charge in [-0.1, -0.05) is 0 Å². The minimum absolute atomic E-state index is 0.0644. The summed E-state index contributed by atoms with van der Waals surface area (Å²) >= 11 is 3.41. The van der Waals surface area contributed by atoms with E-state index in [1.54, 1.807) is 45.2 Å². The number of aromatic nitrogens is 1. The topological polar surface area (TPSA) is 32.9 Å². The fourth-order valence-corrected chi connectivity index (χ4v) is 2.28. The number of halogens is 4. The van der Waals surface area contributed by atoms with Gasteiger partial charge < -0.3 is 4.98 Å². The van der Waals surface area contributed by atoms with Crippen molar-refractivity contribution in [3.05, 3.63) is 29.3 Å². The maximum Gasteiger partial charge on any atom is 0.279 e. The van der Waals surface area contributed by atoms with Gasteiger partial charge in [0.25, 0.3) is 6.43 Å². The molecule has 1 rings (SSSR count). The van der Waals surface area contributed by atoms with Crippen molar-refractivity contribution < 1.29 is 8.78 Å². The monoisotopic (exact) mass is 397 g/mol. The Hall–Kier alpha value is 0.270. The lowest BCUT2D eigenvalue weighted by atomic mass is 10.3. The average Bonchev–Trinajstić information content (AvgIpc) is 2.00. The largest absolute Gasteiger partial charge is 0.358 e. The van der Waals surface area contributed by atoms with Gasteiger partial charge in [-0.05, 0) is 45.2 Å². The van der Waals surface area contributed by atoms with Gasteiger partial charge in [0.05, 0.1) is 12.8 Å². The van der Waals surface area contributed by atoms with Gasteiger partial charge in [-0.15, -0.1) is 0 Å². The lowest BCUT2D eigenvalue weighted by Crippen LogP contribution is -2.13. The van der Waals surface area contributed by atoms with Gasteiger partial charge in [-0.2, -0.15) is 0 Å². The van der Waals surface area contributed by atoms with Crippen LogP contribution in [0, 0.1) is 7.14 Å². The van der Waals surface area contributed by atoms with E-state index in [0.29, 0.717) is 3.57 Å². The SMILES string of the molecule is O=c1c(I)c[nH]c(C(F)F)c1I. The van der Waals surface area contributed by atoms with Crippen LogP contribution in [0.15, 0.2) is 11.0 Å². The van der Waals surface area contributed by atoms with Crippen LogP contribution in [0.25, 0.3) is 0 Å². The van der Waals surface area contributed by atoms with Crippen LogP contribution in [0.2, 0.25) is 0 Å². The van der Waals surface area contributed by atoms with Crippen molar-refractivity contribution in [1.29, 1.82) is 0 Å². The first-order valence-electron chi connectivity index (χ1n) is 2.88. The zero-order valence-electron chi connectivity index (χ0n) is 5.57. The van der Waals surface area contributed by atoms with Gasteiger partial charge in [0.2, 0.25) is 5.43 Å². The van der Waals surface area contributed by atoms with Crippen LogP contribution in [0.1, 0.15) is 12.1 Å². The number of alkyl halides is 2. The smallest absolute Gasteiger partial charge is 0.279 e. The molecule has 0 fully saturated rings. The Labute approximate surface area is 94.0 Å². The predicted molar refractivity (Wildman–Crippen MR) is 57.5 cm³/mol. The molecule has 0 aliphatic rings. The van der Waals surface area contributed by atoms with Crippen molar-refractivity contribution in [2.45, 2.75) is 6.43 Å². The predicted octanol–water partition coefficient (Wildman–Crippen LogP) is 2.52. The maximum absolute atomic E-state index is 12.2. The molecule has 1 aromatic heterocycles. The zero-order valence-corrected chi connectivity index (χ0v) is 9.89. The van der Waals surface area contributed by atoms with Crippen LogP contribution in [0.3, 0.4) is 0 Å². The molecule has 12 heavy (non-hydrogen) atoms. The van der Waals surface area contributed by atoms with Crippen LogP contribution in [0.4, 0.5) is 8.78 Å². The minimum atomic E-state index is -2.62. The van der Waals surface area contributed by atoms with Gasteiger partial charge in [0, 0.05) is 6.20 Å². The van der Waals surface area contributed by atoms with Crippen LogP contribution in [-0.4, -0.2) is 4.98 Å². The van der Waals surface area contributed by atoms with Crippen molar-refractivity contribution in [3.63, 3.8) is 0 Å². The molecule has 0 atom stereocenters. The van der Waals surface area contributed by atoms with Crippen molar-refractivity contribution in [3.8, 4) is 0 Å². The summed E-state index contributed by atoms with van der Waals surface area (Å²) in [5, 5.41) is 0. The van der Waals surface area contributed by atoms with Crippen molar-refractivity contribution in [2.75, 3.05) is 0 Å². The Morgan fingerprint density at radius 2 is 2.00 bits per heavy atom. The summed E-state index contributed by atoms with van der Waals surface area (Å²) in [5.74, 6) is 0. The quantitative estimate of drug-likeness (QED) is 0.727. The molecule has 0 amide bonds. The molecule has 2 nitrogen and oxygen atoms in total. The Balaban J connectivity index is 3.37. The van der Waals surface area contributed by atoms with E-state index in [2.05, 4.69) is 4.98 Å². The first-order valence-corrected chi connectivity index (χ1v) is 5.04. The van der Waals surface area contributed by atoms with E-state index in [4.69, 9.17) is 0 Å². The number of pyridine rings is 1. The van der Waals surface area contributed by atoms with E-state index >= 15 is 0 Å². The minimum Gasteiger partial charge on any atom is -0.358 e. The van der Waals surface area contributed by atoms with Crippen molar-refractivity contribution >= 4 is 45.2 Å². The first-order chi connectivity index (χ1) is 5.54. The number of nitrogens with one attached hydrogen (secondary N) is 1. The molecule has 66 valence electrons. The molecule has 0 bridgehead atoms. The molecule has 0 radical (unpaired) electrons. The number of aromatic amines is 1. The third-order valence-electron chi connectivity index (χ3n) is 1.23. The Morgan fingerprint density at radius 1 is 1.42 bits per heavy atom. The third kappa shape index (κ3) is 1.95. The molecule has 6 heteroatoms. The van der Waals surface area contributed by atoms with Crippen LogP contribution < -0.4 is 5.43 Å². The molecule has 0 saturated heterocycles. The Kier molecular flexibility index (Phi) is 3.44. The highest BCUT2D eigenvalue weighted by Crippen LogP contribution is 2.19. The summed E-state index contributed by atoms with van der Waals surface area (Å²) in [5.41, 5.74) is -0.647. The van der Waals surface area contributed by atoms with E-state index in [0.717, 1.165) is 0 Å². The lowest BCUT2D eigenvalue weighted by molar-refractivity contribution is 0.145. The summed E-state index contributed by atoms with van der Waals surface area (Å²) in [7, 11) is 0. The summed E-state index contributed by atoms with van der Waals surface area (Å²) < 4.78 is 24.8. The van der Waals surface area contributed by atoms with Crippen LogP contribution in [0.5, 0.6) is 0 Å². The standard InChI is InChI=1S/C6H3F2I2NO/c7-6(8)4-3(10)5(12)2(9)1-11-4/h1,6H,(H,11,12). The normalized spacial score (nSPS) is 10.8. The third-order valence-corrected chi connectivity index (χ3v) is 3.10. The highest BCUT2D eigenvalue weighted by molar-refractivity contribution is 14.1. The van der Waals surface area contributed by atoms with Gasteiger partial charge in [0.15, 0.2) is 0 Å². The lowest BCUT2D eigenvalue weighted by Gasteiger charge is -2.02. The van der Waals surface area contributed by atoms with E-state index in [1.807, 2.05) is 0 Å². The molecule has 0 unspecified atom stereocenters. The molecular formula is C6H3F2I2NO. The number of H-pyrrole nitrogens is 1. The molecule has 1 N–H and O–H groups in total. The molecule has 0 aliphatic heterocycles. The van der Waals surface area contributed by atoms with Crippen molar-refractivity contribution in [2.24, 2.45) is 0 Å². The number of hydrogen-bond acceptors (Lipinski definition) is 1. The van der Waals surface area contributed by atoms with Gasteiger partial charge in [0.1, 0.15) is 0 Å². The maximum atomic E-state index is 12.2. The average molecular weight is 397 g/mol. The summed E-state index contributed by atoms with van der Waals surface area (Å²) in [6, 6.07) is 0. The highest BCUT2D eigenvalue weighted by atomic mass is 127. The molecular weight excluding hydrogens is 394 g/mol. The van der Waals surface area contributed by atoms with Crippen molar-refractivity contribution in [1.82, 2.24) is 4.98 Å². The van der Waals surface area contributed by atoms with Gasteiger partial charge in [-0.3, -0.25) is 4.79 Å². The second-order valence-electron chi connectivity index (χ2n) is 1.99. The van der Waals surface area contributed by atoms with E-state index in [-0.39, 0.29) is 14.7 Å². The molecule has 0 aliphatic carbocycles. The molecule has 0 spiro atoms. The fraction of sp³-hybridized carbons (Fsp3) is 0.167. The summed E-state index contributed by atoms with van der Waals surface area (Å²) in [4.78, 5) is 13.5. The second kappa shape index (κ2) is 3.99. The Morgan fingerprint density at radius 3 is 2.50 bits per heavy atom. The molecule has 1 heterocycles. The highest BCUT2D eigenvalue weighted by Gasteiger charge is 2.15. The van der Waals surface area contributed by atoms with Gasteiger partial charge >= 0.3 is 0 Å². The summed E-state index contributed by atoms with van der Waals surface area (Å²) in [6.07, 6.45) is -1.34. The molecule has 0 saturated carbocycles. The summed E-state index contributed by atoms with van der Waals surface area (Å²) in [6.45, 7) is 0. The van der Waals surface area contributed by atoms with Crippen LogP contribution in [-0.2, 0) is 0 Å². The van der Waals surface area contributed by atoms with E-state index in [9.17, 15) is 13.6 Å². The number of hydrogen-bond donors (Lipinski definition) is 1. The first kappa shape index (κ1) is 10.4. The second-order valence-corrected chi connectivity index (χ2v) is 4.24. The van der Waals surface area contributed by atoms with E-state index in [1.165, 1.54) is 6.20 Å². The number of rotatable bonds is 1.